The van der Waals surface area contributed by atoms with Crippen LogP contribution in [0.15, 0.2) is 72.9 Å². The quantitative estimate of drug-likeness (QED) is 0.541. The maximum Gasteiger partial charge on any atom is 0.142 e. The molecule has 5 rings (SSSR count). The molecule has 5 heteroatoms. The Kier molecular flexibility index (Phi) is 6.89. The van der Waals surface area contributed by atoms with Gasteiger partial charge in [-0.25, -0.2) is 0 Å². The van der Waals surface area contributed by atoms with Crippen LogP contribution in [0.1, 0.15) is 29.8 Å². The van der Waals surface area contributed by atoms with Gasteiger partial charge in [0.15, 0.2) is 0 Å². The summed E-state index contributed by atoms with van der Waals surface area (Å²) in [5.41, 5.74) is 5.25. The second-order valence-corrected chi connectivity index (χ2v) is 8.94. The molecule has 0 amide bonds. The lowest BCUT2D eigenvalue weighted by atomic mass is 9.93. The van der Waals surface area contributed by atoms with E-state index in [2.05, 4.69) is 86.4 Å². The van der Waals surface area contributed by atoms with E-state index in [4.69, 9.17) is 4.74 Å². The highest BCUT2D eigenvalue weighted by Crippen LogP contribution is 2.32. The normalized spacial score (nSPS) is 19.3. The van der Waals surface area contributed by atoms with E-state index in [0.717, 1.165) is 58.0 Å². The summed E-state index contributed by atoms with van der Waals surface area (Å²) in [5.74, 6) is 1.000. The molecule has 0 aliphatic carbocycles. The van der Waals surface area contributed by atoms with Crippen molar-refractivity contribution in [1.82, 2.24) is 14.8 Å². The first kappa shape index (κ1) is 21.9. The van der Waals surface area contributed by atoms with Crippen LogP contribution in [-0.4, -0.2) is 60.7 Å². The summed E-state index contributed by atoms with van der Waals surface area (Å²) < 4.78 is 5.86. The smallest absolute Gasteiger partial charge is 0.142 e. The monoisotopic (exact) mass is 442 g/mol. The van der Waals surface area contributed by atoms with Crippen molar-refractivity contribution in [3.05, 3.63) is 89.7 Å². The molecule has 1 fully saturated rings. The Bertz CT molecular complexity index is 1030. The van der Waals surface area contributed by atoms with Gasteiger partial charge in [0.2, 0.25) is 0 Å². The van der Waals surface area contributed by atoms with Gasteiger partial charge < -0.3 is 9.64 Å². The van der Waals surface area contributed by atoms with E-state index in [1.165, 1.54) is 22.5 Å². The Hall–Kier alpha value is -2.89. The zero-order valence-electron chi connectivity index (χ0n) is 19.6. The molecular weight excluding hydrogens is 408 g/mol. The van der Waals surface area contributed by atoms with Gasteiger partial charge in [0, 0.05) is 70.2 Å². The summed E-state index contributed by atoms with van der Waals surface area (Å²) in [6, 6.07) is 24.1. The van der Waals surface area contributed by atoms with Crippen LogP contribution >= 0.6 is 0 Å². The number of aromatic nitrogens is 1. The van der Waals surface area contributed by atoms with Gasteiger partial charge in [-0.3, -0.25) is 14.8 Å². The summed E-state index contributed by atoms with van der Waals surface area (Å²) in [6.45, 7) is 10.1. The van der Waals surface area contributed by atoms with Crippen molar-refractivity contribution in [3.8, 4) is 5.75 Å². The van der Waals surface area contributed by atoms with E-state index in [0.29, 0.717) is 12.6 Å². The average molecular weight is 443 g/mol. The average Bonchev–Trinajstić information content (AvgIpc) is 2.88. The first-order chi connectivity index (χ1) is 16.3. The Labute approximate surface area is 197 Å². The molecule has 1 atom stereocenters. The number of nitrogens with zero attached hydrogens (tertiary/aromatic N) is 4. The lowest BCUT2D eigenvalue weighted by Crippen LogP contribution is -2.49. The van der Waals surface area contributed by atoms with E-state index in [1.54, 1.807) is 0 Å². The van der Waals surface area contributed by atoms with Crippen molar-refractivity contribution in [2.45, 2.75) is 25.9 Å². The van der Waals surface area contributed by atoms with Crippen LogP contribution in [0.4, 0.5) is 5.69 Å². The molecule has 0 spiro atoms. The summed E-state index contributed by atoms with van der Waals surface area (Å²) in [5, 5.41) is 0. The van der Waals surface area contributed by atoms with Crippen molar-refractivity contribution in [2.75, 3.05) is 50.8 Å². The summed E-state index contributed by atoms with van der Waals surface area (Å²) >= 11 is 0. The van der Waals surface area contributed by atoms with Crippen molar-refractivity contribution < 1.29 is 4.74 Å². The molecule has 2 aromatic carbocycles. The van der Waals surface area contributed by atoms with Gasteiger partial charge in [0.05, 0.1) is 12.3 Å². The zero-order chi connectivity index (χ0) is 22.5. The van der Waals surface area contributed by atoms with Crippen molar-refractivity contribution in [3.63, 3.8) is 0 Å². The van der Waals surface area contributed by atoms with Gasteiger partial charge in [0.1, 0.15) is 5.75 Å². The van der Waals surface area contributed by atoms with Crippen molar-refractivity contribution in [1.29, 1.82) is 0 Å². The van der Waals surface area contributed by atoms with Crippen LogP contribution < -0.4 is 9.64 Å². The molecule has 0 N–H and O–H groups in total. The molecule has 3 heterocycles. The summed E-state index contributed by atoms with van der Waals surface area (Å²) in [7, 11) is 0. The number of piperazine rings is 1. The third-order valence-corrected chi connectivity index (χ3v) is 6.95. The lowest BCUT2D eigenvalue weighted by molar-refractivity contribution is 0.137. The molecule has 3 aromatic rings. The Morgan fingerprint density at radius 2 is 1.67 bits per heavy atom. The molecular formula is C28H34N4O. The molecule has 0 radical (unpaired) electrons. The Morgan fingerprint density at radius 3 is 2.48 bits per heavy atom. The fourth-order valence-corrected chi connectivity index (χ4v) is 5.16. The molecule has 2 aliphatic rings. The molecule has 33 heavy (non-hydrogen) atoms. The minimum Gasteiger partial charge on any atom is -0.492 e. The lowest BCUT2D eigenvalue weighted by Gasteiger charge is -2.40. The largest absolute Gasteiger partial charge is 0.492 e. The fourth-order valence-electron chi connectivity index (χ4n) is 5.16. The van der Waals surface area contributed by atoms with Gasteiger partial charge in [0.25, 0.3) is 0 Å². The number of ether oxygens (including phenoxy) is 1. The topological polar surface area (TPSA) is 31.8 Å². The van der Waals surface area contributed by atoms with Gasteiger partial charge in [-0.15, -0.1) is 0 Å². The molecule has 5 nitrogen and oxygen atoms in total. The standard InChI is InChI=1S/C28H34N4O/c1-2-33-28-13-7-6-12-26(28)31-18-15-30(16-19-31)17-20-32-22-24-11-8-14-29-25(24)21-27(32)23-9-4-3-5-10-23/h3-14,27H,2,15-22H2,1H3. The maximum absolute atomic E-state index is 5.86. The van der Waals surface area contributed by atoms with Crippen molar-refractivity contribution >= 4 is 5.69 Å². The number of fused-ring (bicyclic) bond motifs is 1. The Morgan fingerprint density at radius 1 is 0.879 bits per heavy atom. The van der Waals surface area contributed by atoms with Gasteiger partial charge in [-0.05, 0) is 36.2 Å². The highest BCUT2D eigenvalue weighted by Gasteiger charge is 2.28. The van der Waals surface area contributed by atoms with Crippen LogP contribution in [0.25, 0.3) is 0 Å². The predicted molar refractivity (Wildman–Crippen MR) is 134 cm³/mol. The predicted octanol–water partition coefficient (Wildman–Crippen LogP) is 4.40. The van der Waals surface area contributed by atoms with Crippen LogP contribution in [0.2, 0.25) is 0 Å². The van der Waals surface area contributed by atoms with Crippen LogP contribution in [0, 0.1) is 0 Å². The van der Waals surface area contributed by atoms with E-state index in [-0.39, 0.29) is 0 Å². The highest BCUT2D eigenvalue weighted by molar-refractivity contribution is 5.58. The van der Waals surface area contributed by atoms with E-state index >= 15 is 0 Å². The molecule has 1 saturated heterocycles. The van der Waals surface area contributed by atoms with E-state index in [1.807, 2.05) is 13.1 Å². The first-order valence-corrected chi connectivity index (χ1v) is 12.2. The first-order valence-electron chi connectivity index (χ1n) is 12.2. The molecule has 1 unspecified atom stereocenters. The number of pyridine rings is 1. The summed E-state index contributed by atoms with van der Waals surface area (Å²) in [6.07, 6.45) is 2.92. The SMILES string of the molecule is CCOc1ccccc1N1CCN(CCN2Cc3cccnc3CC2c2ccccc2)CC1. The summed E-state index contributed by atoms with van der Waals surface area (Å²) in [4.78, 5) is 12.4. The minimum absolute atomic E-state index is 0.396. The maximum atomic E-state index is 5.86. The highest BCUT2D eigenvalue weighted by atomic mass is 16.5. The number of hydrogen-bond donors (Lipinski definition) is 0. The van der Waals surface area contributed by atoms with Crippen LogP contribution in [0.5, 0.6) is 5.75 Å². The number of rotatable bonds is 7. The van der Waals surface area contributed by atoms with Gasteiger partial charge in [-0.2, -0.15) is 0 Å². The third-order valence-electron chi connectivity index (χ3n) is 6.95. The molecule has 0 saturated carbocycles. The third kappa shape index (κ3) is 5.05. The van der Waals surface area contributed by atoms with Crippen molar-refractivity contribution in [2.24, 2.45) is 0 Å². The number of para-hydroxylation sites is 2. The Balaban J connectivity index is 1.22. The molecule has 172 valence electrons. The van der Waals surface area contributed by atoms with Crippen LogP contribution in [0.3, 0.4) is 0 Å². The van der Waals surface area contributed by atoms with E-state index < -0.39 is 0 Å². The fraction of sp³-hybridized carbons (Fsp3) is 0.393. The second-order valence-electron chi connectivity index (χ2n) is 8.94. The van der Waals surface area contributed by atoms with Gasteiger partial charge >= 0.3 is 0 Å². The second kappa shape index (κ2) is 10.4. The number of hydrogen-bond acceptors (Lipinski definition) is 5. The van der Waals surface area contributed by atoms with Gasteiger partial charge in [-0.1, -0.05) is 48.5 Å². The van der Waals surface area contributed by atoms with E-state index in [9.17, 15) is 0 Å². The molecule has 0 bridgehead atoms. The number of anilines is 1. The molecule has 2 aliphatic heterocycles. The zero-order valence-corrected chi connectivity index (χ0v) is 19.6. The van der Waals surface area contributed by atoms with Crippen LogP contribution in [-0.2, 0) is 13.0 Å². The minimum atomic E-state index is 0.396. The molecule has 1 aromatic heterocycles. The number of benzene rings is 2.